The molecule has 1 aliphatic rings. The zero-order valence-corrected chi connectivity index (χ0v) is 15.5. The van der Waals surface area contributed by atoms with Crippen LogP contribution in [-0.2, 0) is 24.1 Å². The Morgan fingerprint density at radius 2 is 2.23 bits per heavy atom. The van der Waals surface area contributed by atoms with E-state index in [0.717, 1.165) is 30.6 Å². The number of amides is 1. The predicted octanol–water partition coefficient (Wildman–Crippen LogP) is 2.39. The monoisotopic (exact) mass is 355 g/mol. The maximum absolute atomic E-state index is 12.6. The van der Waals surface area contributed by atoms with Crippen molar-refractivity contribution >= 4 is 5.91 Å². The minimum absolute atomic E-state index is 0.0283. The predicted molar refractivity (Wildman–Crippen MR) is 99.5 cm³/mol. The molecule has 0 saturated heterocycles. The smallest absolute Gasteiger partial charge is 0.254 e. The first-order valence-electron chi connectivity index (χ1n) is 9.06. The summed E-state index contributed by atoms with van der Waals surface area (Å²) in [7, 11) is 1.65. The van der Waals surface area contributed by atoms with E-state index < -0.39 is 0 Å². The van der Waals surface area contributed by atoms with Crippen molar-refractivity contribution in [3.8, 4) is 5.75 Å². The Bertz CT molecular complexity index is 873. The van der Waals surface area contributed by atoms with Crippen LogP contribution in [0.3, 0.4) is 0 Å². The molecule has 2 N–H and O–H groups in total. The summed E-state index contributed by atoms with van der Waals surface area (Å²) in [4.78, 5) is 31.9. The Hall–Kier alpha value is -2.63. The molecule has 2 aromatic rings. The number of nitrogens with one attached hydrogen (secondary N) is 2. The van der Waals surface area contributed by atoms with Crippen LogP contribution in [0.1, 0.15) is 54.0 Å². The fourth-order valence-corrected chi connectivity index (χ4v) is 3.52. The van der Waals surface area contributed by atoms with E-state index in [0.29, 0.717) is 23.5 Å². The Balaban J connectivity index is 1.75. The standard InChI is InChI=1S/C20H25N3O3/c1-4-18-21-12(2)16(20(25)23-18)11-19(24)22-17-7-5-6-13-10-14(26-3)8-9-15(13)17/h8-10,17H,4-7,11H2,1-3H3,(H,22,24)(H,21,23,25). The highest BCUT2D eigenvalue weighted by atomic mass is 16.5. The van der Waals surface area contributed by atoms with Crippen LogP contribution >= 0.6 is 0 Å². The second-order valence-electron chi connectivity index (χ2n) is 6.68. The average Bonchev–Trinajstić information content (AvgIpc) is 2.64. The molecule has 0 aliphatic heterocycles. The molecule has 0 fully saturated rings. The van der Waals surface area contributed by atoms with Crippen LogP contribution < -0.4 is 15.6 Å². The third-order valence-electron chi connectivity index (χ3n) is 4.94. The minimum atomic E-state index is -0.224. The number of fused-ring (bicyclic) bond motifs is 1. The molecule has 26 heavy (non-hydrogen) atoms. The SMILES string of the molecule is CCc1nc(C)c(CC(=O)NC2CCCc3cc(OC)ccc32)c(=O)[nH]1. The lowest BCUT2D eigenvalue weighted by molar-refractivity contribution is -0.121. The summed E-state index contributed by atoms with van der Waals surface area (Å²) < 4.78 is 5.29. The summed E-state index contributed by atoms with van der Waals surface area (Å²) in [6, 6.07) is 5.95. The van der Waals surface area contributed by atoms with Crippen molar-refractivity contribution in [3.05, 3.63) is 56.8 Å². The number of ether oxygens (including phenoxy) is 1. The van der Waals surface area contributed by atoms with Gasteiger partial charge >= 0.3 is 0 Å². The van der Waals surface area contributed by atoms with Gasteiger partial charge in [-0.1, -0.05) is 13.0 Å². The summed E-state index contributed by atoms with van der Waals surface area (Å²) >= 11 is 0. The molecule has 1 heterocycles. The number of rotatable bonds is 5. The van der Waals surface area contributed by atoms with Crippen LogP contribution in [0.5, 0.6) is 5.75 Å². The number of nitrogens with zero attached hydrogens (tertiary/aromatic N) is 1. The van der Waals surface area contributed by atoms with Gasteiger partial charge in [0, 0.05) is 17.7 Å². The molecule has 6 nitrogen and oxygen atoms in total. The normalized spacial score (nSPS) is 16.0. The first-order valence-corrected chi connectivity index (χ1v) is 9.06. The van der Waals surface area contributed by atoms with Gasteiger partial charge in [0.2, 0.25) is 5.91 Å². The summed E-state index contributed by atoms with van der Waals surface area (Å²) in [5.41, 5.74) is 3.18. The molecule has 1 atom stereocenters. The van der Waals surface area contributed by atoms with Gasteiger partial charge in [0.05, 0.1) is 19.6 Å². The van der Waals surface area contributed by atoms with E-state index in [1.807, 2.05) is 25.1 Å². The second kappa shape index (κ2) is 7.72. The lowest BCUT2D eigenvalue weighted by atomic mass is 9.87. The molecule has 0 radical (unpaired) electrons. The molecule has 6 heteroatoms. The van der Waals surface area contributed by atoms with Crippen LogP contribution in [0, 0.1) is 6.92 Å². The zero-order chi connectivity index (χ0) is 18.7. The van der Waals surface area contributed by atoms with Crippen molar-refractivity contribution in [3.63, 3.8) is 0 Å². The molecule has 1 aliphatic carbocycles. The van der Waals surface area contributed by atoms with E-state index in [1.54, 1.807) is 14.0 Å². The van der Waals surface area contributed by atoms with Gasteiger partial charge in [0.15, 0.2) is 0 Å². The first kappa shape index (κ1) is 18.2. The molecular formula is C20H25N3O3. The van der Waals surface area contributed by atoms with Crippen molar-refractivity contribution in [2.45, 2.75) is 52.0 Å². The number of H-pyrrole nitrogens is 1. The minimum Gasteiger partial charge on any atom is -0.497 e. The van der Waals surface area contributed by atoms with Crippen molar-refractivity contribution in [1.29, 1.82) is 0 Å². The summed E-state index contributed by atoms with van der Waals surface area (Å²) in [5, 5.41) is 3.08. The third kappa shape index (κ3) is 3.79. The van der Waals surface area contributed by atoms with E-state index in [9.17, 15) is 9.59 Å². The highest BCUT2D eigenvalue weighted by Gasteiger charge is 2.23. The zero-order valence-electron chi connectivity index (χ0n) is 15.5. The van der Waals surface area contributed by atoms with Crippen LogP contribution in [0.25, 0.3) is 0 Å². The van der Waals surface area contributed by atoms with Gasteiger partial charge < -0.3 is 15.0 Å². The average molecular weight is 355 g/mol. The topological polar surface area (TPSA) is 84.1 Å². The largest absolute Gasteiger partial charge is 0.497 e. The van der Waals surface area contributed by atoms with E-state index in [1.165, 1.54) is 5.56 Å². The molecular weight excluding hydrogens is 330 g/mol. The summed E-state index contributed by atoms with van der Waals surface area (Å²) in [5.74, 6) is 1.32. The highest BCUT2D eigenvalue weighted by Crippen LogP contribution is 2.32. The van der Waals surface area contributed by atoms with Crippen LogP contribution in [0.2, 0.25) is 0 Å². The van der Waals surface area contributed by atoms with Gasteiger partial charge in [0.25, 0.3) is 5.56 Å². The van der Waals surface area contributed by atoms with Crippen LogP contribution in [-0.4, -0.2) is 23.0 Å². The number of aromatic nitrogens is 2. The van der Waals surface area contributed by atoms with E-state index in [2.05, 4.69) is 15.3 Å². The first-order chi connectivity index (χ1) is 12.5. The van der Waals surface area contributed by atoms with Gasteiger partial charge in [-0.3, -0.25) is 9.59 Å². The van der Waals surface area contributed by atoms with Gasteiger partial charge in [-0.2, -0.15) is 0 Å². The van der Waals surface area contributed by atoms with Gasteiger partial charge in [-0.15, -0.1) is 0 Å². The molecule has 1 unspecified atom stereocenters. The highest BCUT2D eigenvalue weighted by molar-refractivity contribution is 5.79. The quantitative estimate of drug-likeness (QED) is 0.862. The number of benzene rings is 1. The van der Waals surface area contributed by atoms with Crippen molar-refractivity contribution in [1.82, 2.24) is 15.3 Å². The summed E-state index contributed by atoms with van der Waals surface area (Å²) in [6.45, 7) is 3.71. The lowest BCUT2D eigenvalue weighted by Crippen LogP contribution is -2.34. The summed E-state index contributed by atoms with van der Waals surface area (Å²) in [6.07, 6.45) is 3.59. The van der Waals surface area contributed by atoms with Gasteiger partial charge in [-0.05, 0) is 49.4 Å². The molecule has 138 valence electrons. The Morgan fingerprint density at radius 3 is 2.92 bits per heavy atom. The van der Waals surface area contributed by atoms with Gasteiger partial charge in [0.1, 0.15) is 11.6 Å². The van der Waals surface area contributed by atoms with Crippen molar-refractivity contribution < 1.29 is 9.53 Å². The van der Waals surface area contributed by atoms with Crippen molar-refractivity contribution in [2.75, 3.05) is 7.11 Å². The van der Waals surface area contributed by atoms with Crippen molar-refractivity contribution in [2.24, 2.45) is 0 Å². The fourth-order valence-electron chi connectivity index (χ4n) is 3.52. The molecule has 0 spiro atoms. The lowest BCUT2D eigenvalue weighted by Gasteiger charge is -2.27. The third-order valence-corrected chi connectivity index (χ3v) is 4.94. The number of methoxy groups -OCH3 is 1. The Morgan fingerprint density at radius 1 is 1.42 bits per heavy atom. The maximum atomic E-state index is 12.6. The Kier molecular flexibility index (Phi) is 5.40. The van der Waals surface area contributed by atoms with E-state index in [4.69, 9.17) is 4.74 Å². The van der Waals surface area contributed by atoms with Gasteiger partial charge in [-0.25, -0.2) is 4.98 Å². The number of carbonyl (C=O) groups excluding carboxylic acids is 1. The second-order valence-corrected chi connectivity index (χ2v) is 6.68. The maximum Gasteiger partial charge on any atom is 0.254 e. The number of hydrogen-bond donors (Lipinski definition) is 2. The van der Waals surface area contributed by atoms with E-state index >= 15 is 0 Å². The van der Waals surface area contributed by atoms with E-state index in [-0.39, 0.29) is 23.9 Å². The van der Waals surface area contributed by atoms with Crippen LogP contribution in [0.4, 0.5) is 0 Å². The number of hydrogen-bond acceptors (Lipinski definition) is 4. The molecule has 1 aromatic carbocycles. The molecule has 1 amide bonds. The fraction of sp³-hybridized carbons (Fsp3) is 0.450. The number of aryl methyl sites for hydroxylation is 3. The van der Waals surface area contributed by atoms with Crippen LogP contribution in [0.15, 0.2) is 23.0 Å². The number of aromatic amines is 1. The molecule has 3 rings (SSSR count). The molecule has 0 bridgehead atoms. The molecule has 1 aromatic heterocycles. The number of carbonyl (C=O) groups is 1. The molecule has 0 saturated carbocycles. The Labute approximate surface area is 153 Å².